The third-order valence-electron chi connectivity index (χ3n) is 1.85. The van der Waals surface area contributed by atoms with E-state index in [1.54, 1.807) is 0 Å². The molecule has 1 aliphatic carbocycles. The van der Waals surface area contributed by atoms with Gasteiger partial charge in [-0.2, -0.15) is 0 Å². The summed E-state index contributed by atoms with van der Waals surface area (Å²) in [6.45, 7) is 5.67. The number of fused-ring (bicyclic) bond motifs is 1. The van der Waals surface area contributed by atoms with Crippen molar-refractivity contribution in [2.45, 2.75) is 13.8 Å². The number of rotatable bonds is 2. The van der Waals surface area contributed by atoms with E-state index in [2.05, 4.69) is 36.4 Å². The van der Waals surface area contributed by atoms with Crippen LogP contribution in [-0.4, -0.2) is 13.2 Å². The molecular formula is C12H16O. The van der Waals surface area contributed by atoms with E-state index in [9.17, 15) is 0 Å². The molecule has 0 unspecified atom stereocenters. The Morgan fingerprint density at radius 2 is 1.38 bits per heavy atom. The molecule has 1 aromatic carbocycles. The third-order valence-corrected chi connectivity index (χ3v) is 1.85. The third kappa shape index (κ3) is 3.03. The van der Waals surface area contributed by atoms with Crippen molar-refractivity contribution in [2.24, 2.45) is 0 Å². The van der Waals surface area contributed by atoms with Gasteiger partial charge in [-0.1, -0.05) is 36.4 Å². The van der Waals surface area contributed by atoms with Gasteiger partial charge in [0.2, 0.25) is 0 Å². The fourth-order valence-electron chi connectivity index (χ4n) is 1.10. The second-order valence-electron chi connectivity index (χ2n) is 2.74. The molecule has 0 atom stereocenters. The first-order valence-corrected chi connectivity index (χ1v) is 4.73. The molecule has 1 aliphatic rings. The second kappa shape index (κ2) is 5.55. The molecule has 70 valence electrons. The largest absolute Gasteiger partial charge is 0.382 e. The smallest absolute Gasteiger partial charge is 0.0437 e. The maximum absolute atomic E-state index is 4.83. The molecule has 1 nitrogen and oxygen atoms in total. The summed E-state index contributed by atoms with van der Waals surface area (Å²) in [7, 11) is 0. The van der Waals surface area contributed by atoms with E-state index in [0.717, 1.165) is 13.2 Å². The lowest BCUT2D eigenvalue weighted by atomic mass is 9.99. The van der Waals surface area contributed by atoms with E-state index in [4.69, 9.17) is 4.74 Å². The Hall–Kier alpha value is -1.08. The highest BCUT2D eigenvalue weighted by Crippen LogP contribution is 2.21. The summed E-state index contributed by atoms with van der Waals surface area (Å²) >= 11 is 0. The van der Waals surface area contributed by atoms with Crippen LogP contribution >= 0.6 is 0 Å². The summed E-state index contributed by atoms with van der Waals surface area (Å²) in [6, 6.07) is 8.36. The Morgan fingerprint density at radius 1 is 0.923 bits per heavy atom. The minimum atomic E-state index is 0.844. The maximum atomic E-state index is 4.83. The van der Waals surface area contributed by atoms with E-state index in [-0.39, 0.29) is 0 Å². The Kier molecular flexibility index (Phi) is 4.27. The molecule has 0 heterocycles. The predicted octanol–water partition coefficient (Wildman–Crippen LogP) is 3.21. The quantitative estimate of drug-likeness (QED) is 0.682. The van der Waals surface area contributed by atoms with E-state index < -0.39 is 0 Å². The molecule has 13 heavy (non-hydrogen) atoms. The van der Waals surface area contributed by atoms with Gasteiger partial charge in [0.05, 0.1) is 0 Å². The van der Waals surface area contributed by atoms with Gasteiger partial charge in [0.25, 0.3) is 0 Å². The lowest BCUT2D eigenvalue weighted by Gasteiger charge is -2.06. The zero-order valence-electron chi connectivity index (χ0n) is 8.29. The number of hydrogen-bond donors (Lipinski definition) is 0. The van der Waals surface area contributed by atoms with E-state index in [1.807, 2.05) is 13.8 Å². The molecule has 0 fully saturated rings. The molecule has 0 aliphatic heterocycles. The summed E-state index contributed by atoms with van der Waals surface area (Å²) in [4.78, 5) is 0. The minimum Gasteiger partial charge on any atom is -0.382 e. The van der Waals surface area contributed by atoms with Crippen LogP contribution in [0, 0.1) is 0 Å². The maximum Gasteiger partial charge on any atom is 0.0437 e. The Bertz CT molecular complexity index is 249. The molecule has 0 N–H and O–H groups in total. The molecular weight excluding hydrogens is 160 g/mol. The van der Waals surface area contributed by atoms with Gasteiger partial charge in [-0.15, -0.1) is 0 Å². The molecule has 2 rings (SSSR count). The van der Waals surface area contributed by atoms with Crippen LogP contribution in [0.1, 0.15) is 25.0 Å². The molecule has 1 aromatic rings. The molecule has 0 saturated carbocycles. The summed E-state index contributed by atoms with van der Waals surface area (Å²) < 4.78 is 4.83. The van der Waals surface area contributed by atoms with Crippen LogP contribution < -0.4 is 0 Å². The van der Waals surface area contributed by atoms with Crippen molar-refractivity contribution in [3.05, 3.63) is 35.4 Å². The highest BCUT2D eigenvalue weighted by Gasteiger charge is 1.99. The molecule has 0 amide bonds. The predicted molar refractivity (Wildman–Crippen MR) is 57.5 cm³/mol. The first-order valence-electron chi connectivity index (χ1n) is 4.73. The van der Waals surface area contributed by atoms with Crippen molar-refractivity contribution in [3.8, 4) is 0 Å². The zero-order chi connectivity index (χ0) is 9.52. The molecule has 0 radical (unpaired) electrons. The first kappa shape index (κ1) is 10.0. The summed E-state index contributed by atoms with van der Waals surface area (Å²) in [6.07, 6.45) is 4.24. The van der Waals surface area contributed by atoms with Crippen molar-refractivity contribution >= 4 is 12.2 Å². The summed E-state index contributed by atoms with van der Waals surface area (Å²) in [5.41, 5.74) is 2.74. The van der Waals surface area contributed by atoms with Crippen molar-refractivity contribution < 1.29 is 4.74 Å². The Balaban J connectivity index is 0.000000149. The van der Waals surface area contributed by atoms with Crippen LogP contribution in [-0.2, 0) is 4.74 Å². The SMILES string of the molecule is C1=Cc2ccccc21.CCOCC. The van der Waals surface area contributed by atoms with Crippen LogP contribution in [0.3, 0.4) is 0 Å². The average molecular weight is 176 g/mol. The van der Waals surface area contributed by atoms with Gasteiger partial charge in [-0.25, -0.2) is 0 Å². The van der Waals surface area contributed by atoms with Crippen molar-refractivity contribution in [2.75, 3.05) is 13.2 Å². The number of benzene rings is 1. The molecule has 0 spiro atoms. The van der Waals surface area contributed by atoms with E-state index >= 15 is 0 Å². The molecule has 0 saturated heterocycles. The monoisotopic (exact) mass is 176 g/mol. The minimum absolute atomic E-state index is 0.844. The van der Waals surface area contributed by atoms with Crippen LogP contribution in [0.5, 0.6) is 0 Å². The lowest BCUT2D eigenvalue weighted by Crippen LogP contribution is -1.85. The van der Waals surface area contributed by atoms with Crippen molar-refractivity contribution in [3.63, 3.8) is 0 Å². The van der Waals surface area contributed by atoms with Gasteiger partial charge in [0.15, 0.2) is 0 Å². The highest BCUT2D eigenvalue weighted by atomic mass is 16.5. The summed E-state index contributed by atoms with van der Waals surface area (Å²) in [5, 5.41) is 0. The lowest BCUT2D eigenvalue weighted by molar-refractivity contribution is 0.162. The van der Waals surface area contributed by atoms with Crippen molar-refractivity contribution in [1.82, 2.24) is 0 Å². The standard InChI is InChI=1S/C8H6.C4H10O/c1-2-4-8-6-5-7(8)3-1;1-3-5-4-2/h1-6H;3-4H2,1-2H3. The Morgan fingerprint density at radius 3 is 1.54 bits per heavy atom. The van der Waals surface area contributed by atoms with Crippen LogP contribution in [0.15, 0.2) is 24.3 Å². The fourth-order valence-corrected chi connectivity index (χ4v) is 1.10. The van der Waals surface area contributed by atoms with Crippen LogP contribution in [0.2, 0.25) is 0 Å². The van der Waals surface area contributed by atoms with E-state index in [1.165, 1.54) is 11.1 Å². The van der Waals surface area contributed by atoms with Gasteiger partial charge in [-0.3, -0.25) is 0 Å². The fraction of sp³-hybridized carbons (Fsp3) is 0.333. The topological polar surface area (TPSA) is 9.23 Å². The van der Waals surface area contributed by atoms with Gasteiger partial charge in [0.1, 0.15) is 0 Å². The first-order chi connectivity index (χ1) is 6.38. The van der Waals surface area contributed by atoms with Gasteiger partial charge >= 0.3 is 0 Å². The zero-order valence-corrected chi connectivity index (χ0v) is 8.29. The highest BCUT2D eigenvalue weighted by molar-refractivity contribution is 5.85. The van der Waals surface area contributed by atoms with Gasteiger partial charge in [-0.05, 0) is 25.0 Å². The number of ether oxygens (including phenoxy) is 1. The van der Waals surface area contributed by atoms with E-state index in [0.29, 0.717) is 0 Å². The Labute approximate surface area is 80.0 Å². The summed E-state index contributed by atoms with van der Waals surface area (Å²) in [5.74, 6) is 0. The second-order valence-corrected chi connectivity index (χ2v) is 2.74. The van der Waals surface area contributed by atoms with Gasteiger partial charge in [0, 0.05) is 13.2 Å². The molecule has 1 heteroatoms. The van der Waals surface area contributed by atoms with Crippen molar-refractivity contribution in [1.29, 1.82) is 0 Å². The number of hydrogen-bond acceptors (Lipinski definition) is 1. The van der Waals surface area contributed by atoms with Crippen LogP contribution in [0.4, 0.5) is 0 Å². The normalized spacial score (nSPS) is 10.9. The van der Waals surface area contributed by atoms with Gasteiger partial charge < -0.3 is 4.74 Å². The van der Waals surface area contributed by atoms with Crippen LogP contribution in [0.25, 0.3) is 12.2 Å². The average Bonchev–Trinajstić information content (AvgIpc) is 2.10. The molecule has 0 bridgehead atoms. The molecule has 0 aromatic heterocycles.